The predicted molar refractivity (Wildman–Crippen MR) is 80.3 cm³/mol. The van der Waals surface area contributed by atoms with Crippen molar-refractivity contribution in [3.63, 3.8) is 0 Å². The van der Waals surface area contributed by atoms with Gasteiger partial charge in [-0.2, -0.15) is 0 Å². The first-order valence-corrected chi connectivity index (χ1v) is 6.85. The Hall–Kier alpha value is -1.36. The van der Waals surface area contributed by atoms with Crippen molar-refractivity contribution in [2.24, 2.45) is 0 Å². The Morgan fingerprint density at radius 1 is 1.06 bits per heavy atom. The average molecular weight is 352 g/mol. The Labute approximate surface area is 120 Å². The zero-order valence-electron chi connectivity index (χ0n) is 10.0. The third-order valence-electron chi connectivity index (χ3n) is 2.57. The molecule has 0 bridgehead atoms. The number of hydrogen-bond donors (Lipinski definition) is 0. The van der Waals surface area contributed by atoms with Gasteiger partial charge in [0, 0.05) is 6.42 Å². The molecule has 0 atom stereocenters. The van der Waals surface area contributed by atoms with Crippen LogP contribution in [0.15, 0.2) is 48.5 Å². The molecule has 0 aliphatic heterocycles. The molecule has 2 rings (SSSR count). The highest BCUT2D eigenvalue weighted by atomic mass is 127. The smallest absolute Gasteiger partial charge is 0.166 e. The van der Waals surface area contributed by atoms with Crippen LogP contribution in [0.2, 0.25) is 0 Å². The Kier molecular flexibility index (Phi) is 4.36. The van der Waals surface area contributed by atoms with E-state index in [9.17, 15) is 4.79 Å². The van der Waals surface area contributed by atoms with Gasteiger partial charge in [0.1, 0.15) is 11.5 Å². The van der Waals surface area contributed by atoms with E-state index in [4.69, 9.17) is 4.74 Å². The Balaban J connectivity index is 2.35. The minimum atomic E-state index is 0.0940. The van der Waals surface area contributed by atoms with Crippen LogP contribution in [-0.2, 0) is 0 Å². The maximum atomic E-state index is 11.8. The monoisotopic (exact) mass is 352 g/mol. The van der Waals surface area contributed by atoms with Crippen molar-refractivity contribution in [1.82, 2.24) is 0 Å². The normalized spacial score (nSPS) is 10.1. The summed E-state index contributed by atoms with van der Waals surface area (Å²) in [5, 5.41) is 0. The number of halogens is 1. The van der Waals surface area contributed by atoms with Crippen molar-refractivity contribution in [2.75, 3.05) is 0 Å². The molecule has 0 unspecified atom stereocenters. The lowest BCUT2D eigenvalue weighted by atomic mass is 10.1. The van der Waals surface area contributed by atoms with E-state index in [1.807, 2.05) is 49.4 Å². The zero-order chi connectivity index (χ0) is 13.0. The minimum absolute atomic E-state index is 0.0940. The summed E-state index contributed by atoms with van der Waals surface area (Å²) >= 11 is 2.22. The van der Waals surface area contributed by atoms with Crippen LogP contribution < -0.4 is 4.74 Å². The molecule has 0 saturated carbocycles. The summed E-state index contributed by atoms with van der Waals surface area (Å²) in [4.78, 5) is 11.8. The van der Waals surface area contributed by atoms with Crippen LogP contribution in [0.1, 0.15) is 23.7 Å². The number of rotatable bonds is 4. The van der Waals surface area contributed by atoms with E-state index in [1.165, 1.54) is 0 Å². The molecule has 0 spiro atoms. The fourth-order valence-electron chi connectivity index (χ4n) is 1.62. The maximum Gasteiger partial charge on any atom is 0.166 e. The highest BCUT2D eigenvalue weighted by Gasteiger charge is 2.11. The fraction of sp³-hybridized carbons (Fsp3) is 0.133. The van der Waals surface area contributed by atoms with Crippen LogP contribution in [0.4, 0.5) is 0 Å². The number of Topliss-reactive ketones (excluding diaryl/α,β-unsaturated/α-hetero) is 1. The molecule has 0 aliphatic rings. The summed E-state index contributed by atoms with van der Waals surface area (Å²) in [5.41, 5.74) is 0.639. The summed E-state index contributed by atoms with van der Waals surface area (Å²) in [5.74, 6) is 1.49. The van der Waals surface area contributed by atoms with Gasteiger partial charge in [-0.1, -0.05) is 31.2 Å². The molecule has 0 N–H and O–H groups in total. The Morgan fingerprint density at radius 3 is 2.33 bits per heavy atom. The van der Waals surface area contributed by atoms with Gasteiger partial charge in [-0.3, -0.25) is 4.79 Å². The first kappa shape index (κ1) is 13.1. The molecule has 0 amide bonds. The lowest BCUT2D eigenvalue weighted by Gasteiger charge is -2.10. The highest BCUT2D eigenvalue weighted by molar-refractivity contribution is 14.1. The number of para-hydroxylation sites is 2. The lowest BCUT2D eigenvalue weighted by Crippen LogP contribution is -2.00. The van der Waals surface area contributed by atoms with Crippen LogP contribution in [0.25, 0.3) is 0 Å². The van der Waals surface area contributed by atoms with E-state index < -0.39 is 0 Å². The number of ketones is 1. The largest absolute Gasteiger partial charge is 0.455 e. The minimum Gasteiger partial charge on any atom is -0.455 e. The second kappa shape index (κ2) is 6.00. The molecule has 0 aromatic heterocycles. The van der Waals surface area contributed by atoms with Gasteiger partial charge in [0.05, 0.1) is 9.13 Å². The van der Waals surface area contributed by atoms with Crippen molar-refractivity contribution in [3.8, 4) is 11.5 Å². The third kappa shape index (κ3) is 2.90. The number of carbonyl (C=O) groups is 1. The molecule has 0 saturated heterocycles. The molecule has 92 valence electrons. The van der Waals surface area contributed by atoms with Crippen molar-refractivity contribution in [3.05, 3.63) is 57.7 Å². The van der Waals surface area contributed by atoms with Gasteiger partial charge in [-0.25, -0.2) is 0 Å². The molecule has 0 fully saturated rings. The molecule has 2 aromatic rings. The van der Waals surface area contributed by atoms with Gasteiger partial charge < -0.3 is 4.74 Å². The molecule has 0 radical (unpaired) electrons. The average Bonchev–Trinajstić information content (AvgIpc) is 2.41. The summed E-state index contributed by atoms with van der Waals surface area (Å²) in [7, 11) is 0. The van der Waals surface area contributed by atoms with Crippen LogP contribution in [0.3, 0.4) is 0 Å². The molecular weight excluding hydrogens is 339 g/mol. The first-order chi connectivity index (χ1) is 8.72. The lowest BCUT2D eigenvalue weighted by molar-refractivity contribution is 0.0986. The summed E-state index contributed by atoms with van der Waals surface area (Å²) in [6.07, 6.45) is 0.478. The summed E-state index contributed by atoms with van der Waals surface area (Å²) in [6, 6.07) is 15.1. The van der Waals surface area contributed by atoms with Gasteiger partial charge in [0.15, 0.2) is 5.78 Å². The Morgan fingerprint density at radius 2 is 1.67 bits per heavy atom. The van der Waals surface area contributed by atoms with Gasteiger partial charge in [-0.15, -0.1) is 0 Å². The number of hydrogen-bond acceptors (Lipinski definition) is 2. The quantitative estimate of drug-likeness (QED) is 0.590. The van der Waals surface area contributed by atoms with Crippen molar-refractivity contribution < 1.29 is 9.53 Å². The van der Waals surface area contributed by atoms with E-state index in [0.29, 0.717) is 17.7 Å². The first-order valence-electron chi connectivity index (χ1n) is 5.77. The van der Waals surface area contributed by atoms with Crippen LogP contribution in [-0.4, -0.2) is 5.78 Å². The van der Waals surface area contributed by atoms with E-state index in [0.717, 1.165) is 9.32 Å². The summed E-state index contributed by atoms with van der Waals surface area (Å²) in [6.45, 7) is 1.85. The third-order valence-corrected chi connectivity index (χ3v) is 3.46. The molecule has 0 heterocycles. The zero-order valence-corrected chi connectivity index (χ0v) is 12.2. The molecule has 3 heteroatoms. The van der Waals surface area contributed by atoms with E-state index >= 15 is 0 Å². The summed E-state index contributed by atoms with van der Waals surface area (Å²) < 4.78 is 6.86. The van der Waals surface area contributed by atoms with Crippen LogP contribution in [0, 0.1) is 3.57 Å². The SMILES string of the molecule is CCC(=O)c1ccccc1Oc1ccccc1I. The van der Waals surface area contributed by atoms with E-state index in [1.54, 1.807) is 6.07 Å². The number of benzene rings is 2. The van der Waals surface area contributed by atoms with Crippen LogP contribution in [0.5, 0.6) is 11.5 Å². The van der Waals surface area contributed by atoms with Crippen molar-refractivity contribution >= 4 is 28.4 Å². The van der Waals surface area contributed by atoms with Crippen LogP contribution >= 0.6 is 22.6 Å². The van der Waals surface area contributed by atoms with Gasteiger partial charge in [-0.05, 0) is 46.9 Å². The highest BCUT2D eigenvalue weighted by Crippen LogP contribution is 2.29. The van der Waals surface area contributed by atoms with Gasteiger partial charge in [0.25, 0.3) is 0 Å². The molecule has 2 aromatic carbocycles. The molecule has 0 aliphatic carbocycles. The predicted octanol–water partition coefficient (Wildman–Crippen LogP) is 4.68. The number of carbonyl (C=O) groups excluding carboxylic acids is 1. The molecule has 18 heavy (non-hydrogen) atoms. The fourth-order valence-corrected chi connectivity index (χ4v) is 2.12. The standard InChI is InChI=1S/C15H13IO2/c1-2-13(17)11-7-3-5-9-14(11)18-15-10-6-4-8-12(15)16/h3-10H,2H2,1H3. The van der Waals surface area contributed by atoms with E-state index in [2.05, 4.69) is 22.6 Å². The topological polar surface area (TPSA) is 26.3 Å². The van der Waals surface area contributed by atoms with Gasteiger partial charge in [0.2, 0.25) is 0 Å². The second-order valence-corrected chi connectivity index (χ2v) is 4.97. The second-order valence-electron chi connectivity index (χ2n) is 3.81. The van der Waals surface area contributed by atoms with Gasteiger partial charge >= 0.3 is 0 Å². The van der Waals surface area contributed by atoms with E-state index in [-0.39, 0.29) is 5.78 Å². The maximum absolute atomic E-state index is 11.8. The molecule has 2 nitrogen and oxygen atoms in total. The van der Waals surface area contributed by atoms with Crippen molar-refractivity contribution in [1.29, 1.82) is 0 Å². The number of ether oxygens (including phenoxy) is 1. The molecular formula is C15H13IO2. The Bertz CT molecular complexity index is 564. The van der Waals surface area contributed by atoms with Crippen molar-refractivity contribution in [2.45, 2.75) is 13.3 Å².